The Hall–Kier alpha value is -2.88. The molecule has 3 aromatic rings. The predicted octanol–water partition coefficient (Wildman–Crippen LogP) is 3.52. The highest BCUT2D eigenvalue weighted by molar-refractivity contribution is 5.91. The van der Waals surface area contributed by atoms with Crippen molar-refractivity contribution in [1.82, 2.24) is 9.88 Å². The molecule has 2 aromatic carbocycles. The first-order valence-electron chi connectivity index (χ1n) is 7.08. The number of hydrogen-bond acceptors (Lipinski definition) is 3. The van der Waals surface area contributed by atoms with Crippen LogP contribution in [0.5, 0.6) is 0 Å². The summed E-state index contributed by atoms with van der Waals surface area (Å²) in [6.45, 7) is 1.05. The fourth-order valence-electron chi connectivity index (χ4n) is 2.28. The molecule has 0 N–H and O–H groups in total. The topological polar surface area (TPSA) is 46.3 Å². The van der Waals surface area contributed by atoms with Crippen LogP contribution in [0.1, 0.15) is 21.7 Å². The lowest BCUT2D eigenvalue weighted by Crippen LogP contribution is -2.29. The number of nitrogens with zero attached hydrogens (tertiary/aromatic N) is 2. The number of carbonyl (C=O) groups excluding carboxylic acids is 1. The van der Waals surface area contributed by atoms with E-state index in [1.807, 2.05) is 60.7 Å². The van der Waals surface area contributed by atoms with Crippen LogP contribution in [0.15, 0.2) is 77.7 Å². The molecule has 0 aliphatic carbocycles. The third-order valence-corrected chi connectivity index (χ3v) is 3.36. The van der Waals surface area contributed by atoms with Gasteiger partial charge < -0.3 is 9.32 Å². The van der Waals surface area contributed by atoms with Crippen molar-refractivity contribution in [3.05, 3.63) is 90.1 Å². The molecule has 4 nitrogen and oxygen atoms in total. The summed E-state index contributed by atoms with van der Waals surface area (Å²) in [7, 11) is 0. The molecule has 0 spiro atoms. The molecule has 0 saturated carbocycles. The molecule has 0 radical (unpaired) electrons. The highest BCUT2D eigenvalue weighted by Gasteiger charge is 2.19. The Kier molecular flexibility index (Phi) is 4.30. The Bertz CT molecular complexity index is 668. The Labute approximate surface area is 129 Å². The fraction of sp³-hybridized carbons (Fsp3) is 0.111. The van der Waals surface area contributed by atoms with Crippen molar-refractivity contribution in [2.45, 2.75) is 13.1 Å². The summed E-state index contributed by atoms with van der Waals surface area (Å²) >= 11 is 0. The lowest BCUT2D eigenvalue weighted by molar-refractivity contribution is 0.0697. The lowest BCUT2D eigenvalue weighted by atomic mass is 10.1. The molecular formula is C18H16N2O2. The standard InChI is InChI=1S/C18H16N2O2/c21-18(17-11-19-14-22-17)20(12-15-7-3-1-4-8-15)13-16-9-5-2-6-10-16/h1-11,14H,12-13H2. The fourth-order valence-corrected chi connectivity index (χ4v) is 2.28. The van der Waals surface area contributed by atoms with Gasteiger partial charge in [0.25, 0.3) is 5.91 Å². The van der Waals surface area contributed by atoms with Gasteiger partial charge in [-0.2, -0.15) is 0 Å². The summed E-state index contributed by atoms with van der Waals surface area (Å²) in [6.07, 6.45) is 2.72. The van der Waals surface area contributed by atoms with Gasteiger partial charge in [0.05, 0.1) is 6.20 Å². The first kappa shape index (κ1) is 14.1. The van der Waals surface area contributed by atoms with E-state index in [1.54, 1.807) is 4.90 Å². The molecular weight excluding hydrogens is 276 g/mol. The van der Waals surface area contributed by atoms with Crippen molar-refractivity contribution in [3.63, 3.8) is 0 Å². The van der Waals surface area contributed by atoms with Crippen molar-refractivity contribution in [1.29, 1.82) is 0 Å². The maximum atomic E-state index is 12.6. The Morgan fingerprint density at radius 2 is 1.45 bits per heavy atom. The number of oxazole rings is 1. The van der Waals surface area contributed by atoms with E-state index < -0.39 is 0 Å². The molecule has 0 unspecified atom stereocenters. The first-order chi connectivity index (χ1) is 10.8. The number of rotatable bonds is 5. The van der Waals surface area contributed by atoms with E-state index in [9.17, 15) is 4.79 Å². The van der Waals surface area contributed by atoms with Gasteiger partial charge in [0, 0.05) is 13.1 Å². The number of amides is 1. The summed E-state index contributed by atoms with van der Waals surface area (Å²) in [5, 5.41) is 0. The van der Waals surface area contributed by atoms with Crippen LogP contribution in [-0.2, 0) is 13.1 Å². The van der Waals surface area contributed by atoms with Crippen LogP contribution in [-0.4, -0.2) is 15.8 Å². The summed E-state index contributed by atoms with van der Waals surface area (Å²) in [5.74, 6) is 0.0945. The molecule has 0 aliphatic rings. The number of carbonyl (C=O) groups is 1. The summed E-state index contributed by atoms with van der Waals surface area (Å²) in [5.41, 5.74) is 2.15. The Balaban J connectivity index is 1.83. The van der Waals surface area contributed by atoms with E-state index in [-0.39, 0.29) is 11.7 Å². The maximum Gasteiger partial charge on any atom is 0.291 e. The zero-order chi connectivity index (χ0) is 15.2. The smallest absolute Gasteiger partial charge is 0.291 e. The molecule has 0 aliphatic heterocycles. The molecule has 0 saturated heterocycles. The van der Waals surface area contributed by atoms with E-state index in [0.29, 0.717) is 13.1 Å². The molecule has 1 heterocycles. The van der Waals surface area contributed by atoms with E-state index >= 15 is 0 Å². The normalized spacial score (nSPS) is 10.4. The minimum absolute atomic E-state index is 0.162. The summed E-state index contributed by atoms with van der Waals surface area (Å²) in [6, 6.07) is 19.8. The highest BCUT2D eigenvalue weighted by Crippen LogP contribution is 2.14. The van der Waals surface area contributed by atoms with Gasteiger partial charge in [-0.15, -0.1) is 0 Å². The average Bonchev–Trinajstić information content (AvgIpc) is 3.10. The third-order valence-electron chi connectivity index (χ3n) is 3.36. The van der Waals surface area contributed by atoms with E-state index in [2.05, 4.69) is 4.98 Å². The number of hydrogen-bond donors (Lipinski definition) is 0. The molecule has 22 heavy (non-hydrogen) atoms. The second kappa shape index (κ2) is 6.72. The van der Waals surface area contributed by atoms with E-state index in [0.717, 1.165) is 11.1 Å². The van der Waals surface area contributed by atoms with E-state index in [1.165, 1.54) is 12.6 Å². The van der Waals surface area contributed by atoms with Crippen molar-refractivity contribution in [3.8, 4) is 0 Å². The zero-order valence-corrected chi connectivity index (χ0v) is 12.1. The van der Waals surface area contributed by atoms with Crippen molar-refractivity contribution in [2.75, 3.05) is 0 Å². The molecule has 1 amide bonds. The largest absolute Gasteiger partial charge is 0.438 e. The van der Waals surface area contributed by atoms with Crippen LogP contribution in [0.2, 0.25) is 0 Å². The lowest BCUT2D eigenvalue weighted by Gasteiger charge is -2.22. The maximum absolute atomic E-state index is 12.6. The Morgan fingerprint density at radius 3 is 1.91 bits per heavy atom. The first-order valence-corrected chi connectivity index (χ1v) is 7.08. The third kappa shape index (κ3) is 3.41. The molecule has 3 rings (SSSR count). The van der Waals surface area contributed by atoms with Gasteiger partial charge >= 0.3 is 0 Å². The second-order valence-corrected chi connectivity index (χ2v) is 5.00. The van der Waals surface area contributed by atoms with Crippen LogP contribution < -0.4 is 0 Å². The van der Waals surface area contributed by atoms with Crippen LogP contribution in [0.4, 0.5) is 0 Å². The quantitative estimate of drug-likeness (QED) is 0.723. The Morgan fingerprint density at radius 1 is 0.909 bits per heavy atom. The second-order valence-electron chi connectivity index (χ2n) is 5.00. The molecule has 1 aromatic heterocycles. The average molecular weight is 292 g/mol. The molecule has 0 atom stereocenters. The monoisotopic (exact) mass is 292 g/mol. The van der Waals surface area contributed by atoms with Gasteiger partial charge in [-0.05, 0) is 11.1 Å². The molecule has 0 bridgehead atoms. The van der Waals surface area contributed by atoms with Crippen LogP contribution in [0, 0.1) is 0 Å². The SMILES string of the molecule is O=C(c1cnco1)N(Cc1ccccc1)Cc1ccccc1. The van der Waals surface area contributed by atoms with Crippen LogP contribution >= 0.6 is 0 Å². The van der Waals surface area contributed by atoms with Crippen molar-refractivity contribution in [2.24, 2.45) is 0 Å². The number of aromatic nitrogens is 1. The summed E-state index contributed by atoms with van der Waals surface area (Å²) < 4.78 is 5.15. The highest BCUT2D eigenvalue weighted by atomic mass is 16.3. The molecule has 0 fully saturated rings. The summed E-state index contributed by atoms with van der Waals surface area (Å²) in [4.78, 5) is 18.2. The zero-order valence-electron chi connectivity index (χ0n) is 12.1. The van der Waals surface area contributed by atoms with Gasteiger partial charge in [0.2, 0.25) is 5.76 Å². The predicted molar refractivity (Wildman–Crippen MR) is 83.0 cm³/mol. The number of benzene rings is 2. The van der Waals surface area contributed by atoms with Gasteiger partial charge in [-0.3, -0.25) is 4.79 Å². The van der Waals surface area contributed by atoms with Crippen molar-refractivity contribution >= 4 is 5.91 Å². The van der Waals surface area contributed by atoms with Gasteiger partial charge in [-0.1, -0.05) is 60.7 Å². The molecule has 110 valence electrons. The van der Waals surface area contributed by atoms with Crippen molar-refractivity contribution < 1.29 is 9.21 Å². The van der Waals surface area contributed by atoms with Gasteiger partial charge in [0.15, 0.2) is 6.39 Å². The minimum atomic E-state index is -0.162. The molecule has 4 heteroatoms. The van der Waals surface area contributed by atoms with Crippen LogP contribution in [0.25, 0.3) is 0 Å². The van der Waals surface area contributed by atoms with Gasteiger partial charge in [-0.25, -0.2) is 4.98 Å². The van der Waals surface area contributed by atoms with E-state index in [4.69, 9.17) is 4.42 Å². The van der Waals surface area contributed by atoms with Gasteiger partial charge in [0.1, 0.15) is 0 Å². The minimum Gasteiger partial charge on any atom is -0.438 e. The van der Waals surface area contributed by atoms with Crippen LogP contribution in [0.3, 0.4) is 0 Å².